The molecule has 2 unspecified atom stereocenters. The molecule has 0 saturated carbocycles. The van der Waals surface area contributed by atoms with Crippen molar-refractivity contribution >= 4 is 68.2 Å². The van der Waals surface area contributed by atoms with Crippen LogP contribution in [0, 0.1) is 0 Å². The minimum absolute atomic E-state index is 0.487. The minimum Gasteiger partial charge on any atom is -0.461 e. The first kappa shape index (κ1) is 27.0. The van der Waals surface area contributed by atoms with Crippen molar-refractivity contribution in [1.82, 2.24) is 8.75 Å². The third-order valence-electron chi connectivity index (χ3n) is 6.50. The Kier molecular flexibility index (Phi) is 7.14. The summed E-state index contributed by atoms with van der Waals surface area (Å²) in [4.78, 5) is 4.15. The lowest BCUT2D eigenvalue weighted by molar-refractivity contribution is 0.0855. The highest BCUT2D eigenvalue weighted by Crippen LogP contribution is 2.54. The van der Waals surface area contributed by atoms with Crippen molar-refractivity contribution < 1.29 is 18.3 Å². The van der Waals surface area contributed by atoms with Crippen molar-refractivity contribution in [2.45, 2.75) is 26.6 Å². The molecule has 1 aliphatic heterocycles. The normalized spacial score (nSPS) is 13.6. The molecule has 42 heavy (non-hydrogen) atoms. The second-order valence-electron chi connectivity index (χ2n) is 9.37. The number of hydrogen-bond acceptors (Lipinski definition) is 9. The van der Waals surface area contributed by atoms with E-state index in [0.29, 0.717) is 11.5 Å². The van der Waals surface area contributed by atoms with E-state index < -0.39 is 12.7 Å². The van der Waals surface area contributed by atoms with E-state index in [0.717, 1.165) is 64.2 Å². The Morgan fingerprint density at radius 2 is 0.976 bits per heavy atom. The van der Waals surface area contributed by atoms with E-state index in [9.17, 15) is 8.78 Å². The maximum absolute atomic E-state index is 13.2. The number of alkyl halides is 2. The highest BCUT2D eigenvalue weighted by molar-refractivity contribution is 7.58. The molecule has 0 N–H and O–H groups in total. The van der Waals surface area contributed by atoms with Gasteiger partial charge in [0.05, 0.1) is 23.1 Å². The van der Waals surface area contributed by atoms with Gasteiger partial charge in [-0.3, -0.25) is 0 Å². The number of ether oxygens (including phenoxy) is 2. The zero-order valence-electron chi connectivity index (χ0n) is 22.1. The summed E-state index contributed by atoms with van der Waals surface area (Å²) in [6.45, 7) is 2.71. The zero-order valence-corrected chi connectivity index (χ0v) is 25.3. The molecule has 0 bridgehead atoms. The van der Waals surface area contributed by atoms with Crippen LogP contribution in [0.4, 0.5) is 20.2 Å². The van der Waals surface area contributed by atoms with Gasteiger partial charge in [0.1, 0.15) is 33.9 Å². The highest BCUT2D eigenvalue weighted by atomic mass is 32.1. The maximum Gasteiger partial charge on any atom is 0.235 e. The van der Waals surface area contributed by atoms with Gasteiger partial charge in [0.25, 0.3) is 0 Å². The fourth-order valence-corrected chi connectivity index (χ4v) is 7.99. The van der Waals surface area contributed by atoms with Gasteiger partial charge < -0.3 is 9.47 Å². The number of fused-ring (bicyclic) bond motifs is 2. The molecule has 0 radical (unpaired) electrons. The first-order chi connectivity index (χ1) is 20.4. The third-order valence-corrected chi connectivity index (χ3v) is 9.86. The lowest BCUT2D eigenvalue weighted by Gasteiger charge is -2.10. The molecule has 0 amide bonds. The number of nitrogens with zero attached hydrogens (tertiary/aromatic N) is 4. The van der Waals surface area contributed by atoms with Crippen molar-refractivity contribution in [2.75, 3.05) is 0 Å². The molecule has 3 aromatic carbocycles. The van der Waals surface area contributed by atoms with Gasteiger partial charge >= 0.3 is 0 Å². The van der Waals surface area contributed by atoms with E-state index in [-0.39, 0.29) is 0 Å². The average Bonchev–Trinajstić information content (AvgIpc) is 3.79. The average molecular weight is 635 g/mol. The van der Waals surface area contributed by atoms with E-state index in [4.69, 9.17) is 26.9 Å². The van der Waals surface area contributed by atoms with Crippen molar-refractivity contribution in [3.63, 3.8) is 0 Å². The predicted molar refractivity (Wildman–Crippen MR) is 169 cm³/mol. The largest absolute Gasteiger partial charge is 0.461 e. The molecular formula is C30H20F2N4O2S4. The molecule has 210 valence electrons. The lowest BCUT2D eigenvalue weighted by atomic mass is 10.0. The molecule has 6 nitrogen and oxygen atoms in total. The van der Waals surface area contributed by atoms with E-state index in [1.165, 1.54) is 36.9 Å². The Bertz CT molecular complexity index is 1850. The number of rotatable bonds is 8. The highest BCUT2D eigenvalue weighted by Gasteiger charge is 2.27. The molecule has 2 atom stereocenters. The Labute approximate surface area is 255 Å². The van der Waals surface area contributed by atoms with Crippen molar-refractivity contribution in [3.8, 4) is 53.3 Å². The Hall–Kier alpha value is -3.84. The van der Waals surface area contributed by atoms with Gasteiger partial charge in [0.15, 0.2) is 0 Å². The van der Waals surface area contributed by atoms with Gasteiger partial charge in [0, 0.05) is 44.5 Å². The minimum atomic E-state index is -1.37. The van der Waals surface area contributed by atoms with Gasteiger partial charge in [-0.15, -0.1) is 22.7 Å². The third kappa shape index (κ3) is 5.04. The Balaban J connectivity index is 1.26. The summed E-state index contributed by atoms with van der Waals surface area (Å²) in [5, 5.41) is 0. The molecule has 6 aromatic rings. The number of aromatic nitrogens is 2. The molecule has 0 fully saturated rings. The van der Waals surface area contributed by atoms with Crippen LogP contribution in [0.1, 0.15) is 13.8 Å². The SMILES string of the molecule is CC(F)Oc1ccc(-c2ccc(-c3c4c(c(-c5ccc(-c6ccc(OC(C)F)cc6)s5)c5nsnc35)N=S=N4)s2)cc1. The summed E-state index contributed by atoms with van der Waals surface area (Å²) in [5.41, 5.74) is 7.02. The van der Waals surface area contributed by atoms with E-state index in [1.807, 2.05) is 24.3 Å². The molecule has 0 saturated heterocycles. The summed E-state index contributed by atoms with van der Waals surface area (Å²) >= 11 is 5.60. The molecule has 12 heteroatoms. The molecule has 0 spiro atoms. The van der Waals surface area contributed by atoms with Gasteiger partial charge in [0.2, 0.25) is 12.7 Å². The summed E-state index contributed by atoms with van der Waals surface area (Å²) in [6, 6.07) is 23.0. The quantitative estimate of drug-likeness (QED) is 0.167. The van der Waals surface area contributed by atoms with Crippen LogP contribution in [-0.2, 0) is 11.4 Å². The van der Waals surface area contributed by atoms with Crippen LogP contribution >= 0.6 is 34.4 Å². The fourth-order valence-electron chi connectivity index (χ4n) is 4.75. The van der Waals surface area contributed by atoms with Crippen molar-refractivity contribution in [2.24, 2.45) is 8.73 Å². The number of benzene rings is 3. The standard InChI is InChI=1S/C30H20F2N4O2S4/c1-15(31)37-19-7-3-17(4-8-19)21-11-13-23(39-21)25-27-29(35-41-33-27)26(30-28(25)34-42-36-30)24-14-12-22(40-24)18-5-9-20(10-6-18)38-16(2)32/h3-16H,1-2H3. The van der Waals surface area contributed by atoms with Crippen LogP contribution in [0.5, 0.6) is 11.5 Å². The van der Waals surface area contributed by atoms with E-state index in [1.54, 1.807) is 46.9 Å². The summed E-state index contributed by atoms with van der Waals surface area (Å²) in [5.74, 6) is 0.974. The van der Waals surface area contributed by atoms with Crippen LogP contribution in [0.3, 0.4) is 0 Å². The number of halogens is 2. The van der Waals surface area contributed by atoms with Crippen LogP contribution < -0.4 is 9.47 Å². The molecule has 7 rings (SSSR count). The van der Waals surface area contributed by atoms with Crippen molar-refractivity contribution in [1.29, 1.82) is 0 Å². The van der Waals surface area contributed by atoms with Gasteiger partial charge in [-0.2, -0.15) is 17.5 Å². The smallest absolute Gasteiger partial charge is 0.235 e. The topological polar surface area (TPSA) is 69.0 Å². The lowest BCUT2D eigenvalue weighted by Crippen LogP contribution is -2.03. The van der Waals surface area contributed by atoms with Crippen LogP contribution in [0.2, 0.25) is 0 Å². The van der Waals surface area contributed by atoms with E-state index in [2.05, 4.69) is 24.3 Å². The molecule has 0 aliphatic carbocycles. The molecule has 3 aromatic heterocycles. The van der Waals surface area contributed by atoms with Crippen LogP contribution in [0.25, 0.3) is 52.8 Å². The maximum atomic E-state index is 13.2. The molecule has 4 heterocycles. The molecular weight excluding hydrogens is 615 g/mol. The first-order valence-corrected chi connectivity index (χ1v) is 16.0. The monoisotopic (exact) mass is 634 g/mol. The van der Waals surface area contributed by atoms with Gasteiger partial charge in [-0.25, -0.2) is 8.78 Å². The van der Waals surface area contributed by atoms with Crippen LogP contribution in [-0.4, -0.2) is 21.5 Å². The van der Waals surface area contributed by atoms with Crippen LogP contribution in [0.15, 0.2) is 81.5 Å². The number of thiophene rings is 2. The molecule has 1 aliphatic rings. The van der Waals surface area contributed by atoms with Crippen molar-refractivity contribution in [3.05, 3.63) is 72.8 Å². The summed E-state index contributed by atoms with van der Waals surface area (Å²) in [7, 11) is 0. The second kappa shape index (κ2) is 11.1. The summed E-state index contributed by atoms with van der Waals surface area (Å²) < 4.78 is 55.6. The second-order valence-corrected chi connectivity index (χ2v) is 12.6. The Morgan fingerprint density at radius 1 is 0.571 bits per heavy atom. The van der Waals surface area contributed by atoms with Gasteiger partial charge in [-0.05, 0) is 83.9 Å². The predicted octanol–water partition coefficient (Wildman–Crippen LogP) is 10.6. The number of hydrogen-bond donors (Lipinski definition) is 0. The Morgan fingerprint density at radius 3 is 1.38 bits per heavy atom. The van der Waals surface area contributed by atoms with Gasteiger partial charge in [-0.1, -0.05) is 0 Å². The fraction of sp³-hybridized carbons (Fsp3) is 0.133. The summed E-state index contributed by atoms with van der Waals surface area (Å²) in [6.07, 6.45) is -2.73. The van der Waals surface area contributed by atoms with E-state index >= 15 is 0 Å². The zero-order chi connectivity index (χ0) is 28.8. The first-order valence-electron chi connectivity index (χ1n) is 12.9.